The second kappa shape index (κ2) is 9.09. The molecule has 7 heteroatoms. The fraction of sp³-hybridized carbons (Fsp3) is 0.304. The lowest BCUT2D eigenvalue weighted by Crippen LogP contribution is -2.31. The Labute approximate surface area is 174 Å². The van der Waals surface area contributed by atoms with Crippen molar-refractivity contribution in [3.8, 4) is 5.75 Å². The van der Waals surface area contributed by atoms with Crippen molar-refractivity contribution in [2.75, 3.05) is 27.4 Å². The minimum absolute atomic E-state index is 0.0164. The number of halogens is 1. The molecule has 1 unspecified atom stereocenters. The second-order valence-corrected chi connectivity index (χ2v) is 7.07. The van der Waals surface area contributed by atoms with Crippen molar-refractivity contribution in [2.24, 2.45) is 0 Å². The van der Waals surface area contributed by atoms with Gasteiger partial charge in [0.25, 0.3) is 11.7 Å². The highest BCUT2D eigenvalue weighted by molar-refractivity contribution is 6.46. The first kappa shape index (κ1) is 21.5. The van der Waals surface area contributed by atoms with Crippen LogP contribution in [0.1, 0.15) is 29.2 Å². The minimum Gasteiger partial charge on any atom is -0.507 e. The zero-order chi connectivity index (χ0) is 21.8. The smallest absolute Gasteiger partial charge is 0.295 e. The number of aliphatic hydroxyl groups is 1. The maximum absolute atomic E-state index is 13.5. The molecule has 0 aliphatic carbocycles. The number of ether oxygens (including phenoxy) is 2. The molecular weight excluding hydrogens is 389 g/mol. The minimum atomic E-state index is -0.816. The number of methoxy groups -OCH3 is 2. The fourth-order valence-corrected chi connectivity index (χ4v) is 3.66. The normalized spacial score (nSPS) is 18.1. The van der Waals surface area contributed by atoms with Crippen LogP contribution in [0.15, 0.2) is 48.0 Å². The first-order valence-electron chi connectivity index (χ1n) is 9.56. The van der Waals surface area contributed by atoms with Gasteiger partial charge >= 0.3 is 0 Å². The molecule has 1 atom stereocenters. The van der Waals surface area contributed by atoms with Gasteiger partial charge in [-0.25, -0.2) is 4.39 Å². The van der Waals surface area contributed by atoms with Crippen LogP contribution < -0.4 is 4.74 Å². The number of hydrogen-bond donors (Lipinski definition) is 1. The molecule has 1 N–H and O–H groups in total. The zero-order valence-corrected chi connectivity index (χ0v) is 17.1. The predicted molar refractivity (Wildman–Crippen MR) is 110 cm³/mol. The number of aryl methyl sites for hydroxylation is 1. The van der Waals surface area contributed by atoms with Gasteiger partial charge in [-0.15, -0.1) is 0 Å². The molecule has 1 fully saturated rings. The van der Waals surface area contributed by atoms with Crippen LogP contribution in [0.5, 0.6) is 5.75 Å². The van der Waals surface area contributed by atoms with Crippen LogP contribution in [0.4, 0.5) is 4.39 Å². The summed E-state index contributed by atoms with van der Waals surface area (Å²) < 4.78 is 23.7. The molecule has 1 aliphatic heterocycles. The third-order valence-corrected chi connectivity index (χ3v) is 5.16. The van der Waals surface area contributed by atoms with Gasteiger partial charge in [0.05, 0.1) is 18.7 Å². The Kier molecular flexibility index (Phi) is 6.52. The van der Waals surface area contributed by atoms with Crippen molar-refractivity contribution in [3.05, 3.63) is 70.5 Å². The van der Waals surface area contributed by atoms with Crippen LogP contribution in [0.25, 0.3) is 5.76 Å². The van der Waals surface area contributed by atoms with Crippen molar-refractivity contribution in [3.63, 3.8) is 0 Å². The van der Waals surface area contributed by atoms with E-state index in [9.17, 15) is 19.1 Å². The standard InChI is InChI=1S/C23H24FNO5/c1-14-13-17(30-3)9-10-18(14)21(26)19-20(15-5-7-16(24)8-6-15)25(11-4-12-29-2)23(28)22(19)27/h5-10,13,20,26H,4,11-12H2,1-3H3/b21-19+. The third kappa shape index (κ3) is 4.07. The van der Waals surface area contributed by atoms with E-state index in [1.165, 1.54) is 36.3 Å². The molecule has 3 rings (SSSR count). The molecule has 6 nitrogen and oxygen atoms in total. The van der Waals surface area contributed by atoms with Gasteiger partial charge in [0.15, 0.2) is 0 Å². The average Bonchev–Trinajstić information content (AvgIpc) is 2.99. The molecule has 0 spiro atoms. The number of rotatable bonds is 7. The first-order chi connectivity index (χ1) is 14.4. The van der Waals surface area contributed by atoms with Crippen LogP contribution >= 0.6 is 0 Å². The Morgan fingerprint density at radius 1 is 1.13 bits per heavy atom. The van der Waals surface area contributed by atoms with Crippen molar-refractivity contribution in [1.82, 2.24) is 4.90 Å². The Bertz CT molecular complexity index is 984. The van der Waals surface area contributed by atoms with Crippen molar-refractivity contribution < 1.29 is 28.6 Å². The number of Topliss-reactive ketones (excluding diaryl/α,β-unsaturated/α-hetero) is 1. The molecule has 1 saturated heterocycles. The monoisotopic (exact) mass is 413 g/mol. The summed E-state index contributed by atoms with van der Waals surface area (Å²) in [6.07, 6.45) is 0.517. The molecule has 1 amide bonds. The summed E-state index contributed by atoms with van der Waals surface area (Å²) in [5, 5.41) is 11.1. The highest BCUT2D eigenvalue weighted by atomic mass is 19.1. The molecule has 0 saturated carbocycles. The van der Waals surface area contributed by atoms with Gasteiger partial charge < -0.3 is 19.5 Å². The van der Waals surface area contributed by atoms with Crippen LogP contribution in [0.2, 0.25) is 0 Å². The van der Waals surface area contributed by atoms with E-state index in [1.54, 1.807) is 32.2 Å². The third-order valence-electron chi connectivity index (χ3n) is 5.16. The Balaban J connectivity index is 2.13. The molecule has 1 heterocycles. The van der Waals surface area contributed by atoms with Gasteiger partial charge in [0.1, 0.15) is 17.3 Å². The van der Waals surface area contributed by atoms with E-state index in [0.29, 0.717) is 35.5 Å². The van der Waals surface area contributed by atoms with Gasteiger partial charge in [0.2, 0.25) is 0 Å². The number of carbonyl (C=O) groups is 2. The molecule has 2 aromatic rings. The largest absolute Gasteiger partial charge is 0.507 e. The molecule has 0 radical (unpaired) electrons. The fourth-order valence-electron chi connectivity index (χ4n) is 3.66. The molecule has 0 bridgehead atoms. The number of nitrogens with zero attached hydrogens (tertiary/aromatic N) is 1. The zero-order valence-electron chi connectivity index (χ0n) is 17.1. The van der Waals surface area contributed by atoms with E-state index in [0.717, 1.165) is 0 Å². The Morgan fingerprint density at radius 2 is 1.83 bits per heavy atom. The van der Waals surface area contributed by atoms with Gasteiger partial charge in [-0.1, -0.05) is 12.1 Å². The summed E-state index contributed by atoms with van der Waals surface area (Å²) in [5.74, 6) is -1.56. The number of amides is 1. The van der Waals surface area contributed by atoms with Crippen LogP contribution in [-0.2, 0) is 14.3 Å². The quantitative estimate of drug-likeness (QED) is 0.325. The summed E-state index contributed by atoms with van der Waals surface area (Å²) in [6, 6.07) is 9.80. The summed E-state index contributed by atoms with van der Waals surface area (Å²) >= 11 is 0. The molecule has 158 valence electrons. The number of ketones is 1. The van der Waals surface area contributed by atoms with E-state index in [4.69, 9.17) is 9.47 Å². The van der Waals surface area contributed by atoms with Crippen LogP contribution in [-0.4, -0.2) is 49.1 Å². The highest BCUT2D eigenvalue weighted by Gasteiger charge is 2.45. The van der Waals surface area contributed by atoms with E-state index in [2.05, 4.69) is 0 Å². The molecule has 2 aromatic carbocycles. The van der Waals surface area contributed by atoms with Crippen molar-refractivity contribution in [2.45, 2.75) is 19.4 Å². The summed E-state index contributed by atoms with van der Waals surface area (Å²) in [6.45, 7) is 2.45. The topological polar surface area (TPSA) is 76.1 Å². The lowest BCUT2D eigenvalue weighted by atomic mass is 9.94. The number of likely N-dealkylation sites (tertiary alicyclic amines) is 1. The maximum atomic E-state index is 13.5. The summed E-state index contributed by atoms with van der Waals surface area (Å²) in [4.78, 5) is 27.1. The molecular formula is C23H24FNO5. The van der Waals surface area contributed by atoms with Crippen LogP contribution in [0, 0.1) is 12.7 Å². The molecule has 0 aromatic heterocycles. The Morgan fingerprint density at radius 3 is 2.43 bits per heavy atom. The lowest BCUT2D eigenvalue weighted by Gasteiger charge is -2.25. The highest BCUT2D eigenvalue weighted by Crippen LogP contribution is 2.40. The van der Waals surface area contributed by atoms with E-state index in [-0.39, 0.29) is 17.9 Å². The number of carbonyl (C=O) groups excluding carboxylic acids is 2. The van der Waals surface area contributed by atoms with Gasteiger partial charge in [-0.2, -0.15) is 0 Å². The van der Waals surface area contributed by atoms with E-state index >= 15 is 0 Å². The summed E-state index contributed by atoms with van der Waals surface area (Å²) in [7, 11) is 3.09. The number of benzene rings is 2. The summed E-state index contributed by atoms with van der Waals surface area (Å²) in [5.41, 5.74) is 1.64. The second-order valence-electron chi connectivity index (χ2n) is 7.07. The van der Waals surface area contributed by atoms with Gasteiger partial charge in [-0.3, -0.25) is 9.59 Å². The van der Waals surface area contributed by atoms with Crippen molar-refractivity contribution >= 4 is 17.4 Å². The number of hydrogen-bond acceptors (Lipinski definition) is 5. The first-order valence-corrected chi connectivity index (χ1v) is 9.56. The molecule has 30 heavy (non-hydrogen) atoms. The van der Waals surface area contributed by atoms with Crippen LogP contribution in [0.3, 0.4) is 0 Å². The van der Waals surface area contributed by atoms with Gasteiger partial charge in [-0.05, 0) is 54.8 Å². The molecule has 1 aliphatic rings. The van der Waals surface area contributed by atoms with Gasteiger partial charge in [0, 0.05) is 25.8 Å². The number of aliphatic hydroxyl groups excluding tert-OH is 1. The average molecular weight is 413 g/mol. The predicted octanol–water partition coefficient (Wildman–Crippen LogP) is 3.60. The van der Waals surface area contributed by atoms with E-state index in [1.807, 2.05) is 0 Å². The van der Waals surface area contributed by atoms with Crippen molar-refractivity contribution in [1.29, 1.82) is 0 Å². The maximum Gasteiger partial charge on any atom is 0.295 e. The SMILES string of the molecule is COCCCN1C(=O)C(=O)/C(=C(/O)c2ccc(OC)cc2C)C1c1ccc(F)cc1. The lowest BCUT2D eigenvalue weighted by molar-refractivity contribution is -0.140. The Hall–Kier alpha value is -3.19. The van der Waals surface area contributed by atoms with E-state index < -0.39 is 23.5 Å².